The van der Waals surface area contributed by atoms with Gasteiger partial charge in [0.05, 0.1) is 6.61 Å². The highest BCUT2D eigenvalue weighted by Gasteiger charge is 2.41. The summed E-state index contributed by atoms with van der Waals surface area (Å²) in [5.74, 6) is -3.98. The van der Waals surface area contributed by atoms with Crippen molar-refractivity contribution >= 4 is 17.9 Å². The Balaban J connectivity index is 0.00000109. The van der Waals surface area contributed by atoms with Gasteiger partial charge >= 0.3 is 17.9 Å². The molecule has 6 N–H and O–H groups in total. The maximum absolute atomic E-state index is 11.8. The first-order chi connectivity index (χ1) is 15.8. The van der Waals surface area contributed by atoms with Crippen LogP contribution in [0.15, 0.2) is 11.5 Å². The van der Waals surface area contributed by atoms with E-state index in [1.807, 2.05) is 0 Å². The molecule has 0 saturated carbocycles. The number of rotatable bonds is 17. The Bertz CT molecular complexity index is 597. The van der Waals surface area contributed by atoms with Gasteiger partial charge in [0.15, 0.2) is 6.10 Å². The molecule has 1 heterocycles. The third-order valence-electron chi connectivity index (χ3n) is 4.77. The molecule has 11 heteroatoms. The number of carbonyl (C=O) groups excluding carboxylic acids is 2. The molecular weight excluding hydrogens is 440 g/mol. The van der Waals surface area contributed by atoms with Gasteiger partial charge in [-0.2, -0.15) is 0 Å². The largest absolute Gasteiger partial charge is 0.499 e. The first kappa shape index (κ1) is 30.8. The van der Waals surface area contributed by atoms with Crippen molar-refractivity contribution in [1.29, 1.82) is 0 Å². The van der Waals surface area contributed by atoms with Crippen LogP contribution >= 0.6 is 0 Å². The Morgan fingerprint density at radius 2 is 1.33 bits per heavy atom. The van der Waals surface area contributed by atoms with Crippen LogP contribution in [-0.4, -0.2) is 80.6 Å². The van der Waals surface area contributed by atoms with Crippen LogP contribution in [0.1, 0.15) is 77.0 Å². The number of unbranched alkanes of at least 4 members (excludes halogenated alkanes) is 8. The normalized spacial score (nSPS) is 16.1. The number of esters is 2. The van der Waals surface area contributed by atoms with Crippen LogP contribution < -0.4 is 0 Å². The zero-order valence-electron chi connectivity index (χ0n) is 19.0. The molecule has 33 heavy (non-hydrogen) atoms. The average molecular weight is 479 g/mol. The second-order valence-corrected chi connectivity index (χ2v) is 7.64. The summed E-state index contributed by atoms with van der Waals surface area (Å²) >= 11 is 0. The van der Waals surface area contributed by atoms with E-state index in [-0.39, 0.29) is 26.1 Å². The lowest BCUT2D eigenvalue weighted by molar-refractivity contribution is -0.151. The molecule has 11 nitrogen and oxygen atoms in total. The molecule has 0 amide bonds. The molecule has 0 aromatic heterocycles. The molecule has 1 aliphatic rings. The Hall–Kier alpha value is -2.21. The van der Waals surface area contributed by atoms with E-state index < -0.39 is 48.2 Å². The first-order valence-electron chi connectivity index (χ1n) is 11.4. The van der Waals surface area contributed by atoms with E-state index >= 15 is 0 Å². The fraction of sp³-hybridized carbons (Fsp3) is 0.773. The predicted octanol–water partition coefficient (Wildman–Crippen LogP) is 1.31. The third kappa shape index (κ3) is 14.5. The summed E-state index contributed by atoms with van der Waals surface area (Å²) in [5.41, 5.74) is 0. The maximum atomic E-state index is 11.8. The number of carboxylic acids is 1. The van der Waals surface area contributed by atoms with Crippen LogP contribution in [0.25, 0.3) is 0 Å². The summed E-state index contributed by atoms with van der Waals surface area (Å²) in [4.78, 5) is 33.4. The number of aliphatic hydroxyl groups excluding tert-OH is 5. The number of cyclic esters (lactones) is 1. The smallest absolute Gasteiger partial charge is 0.378 e. The standard InChI is InChI=1S/C16H24O9.C6H14O2/c17-9-10(18)14-15(13(22)16(23)25-14)24-12(21)8-6-4-2-1-3-5-7-11(19)20;7-5-3-1-2-4-6-8/h10,14,17-18,22H,1-9H2,(H,19,20);7-8H,1-6H2/t10-,14+;/m0./s1. The lowest BCUT2D eigenvalue weighted by Crippen LogP contribution is -2.33. The van der Waals surface area contributed by atoms with Crippen LogP contribution in [0.4, 0.5) is 0 Å². The molecule has 0 aromatic rings. The number of aliphatic carboxylic acids is 1. The van der Waals surface area contributed by atoms with Crippen LogP contribution in [0.3, 0.4) is 0 Å². The number of ether oxygens (including phenoxy) is 2. The van der Waals surface area contributed by atoms with Gasteiger partial charge in [0.2, 0.25) is 11.5 Å². The second-order valence-electron chi connectivity index (χ2n) is 7.64. The van der Waals surface area contributed by atoms with Crippen LogP contribution in [0.5, 0.6) is 0 Å². The second kappa shape index (κ2) is 19.3. The van der Waals surface area contributed by atoms with E-state index in [0.29, 0.717) is 12.8 Å². The third-order valence-corrected chi connectivity index (χ3v) is 4.77. The highest BCUT2D eigenvalue weighted by molar-refractivity contribution is 5.90. The molecule has 0 saturated heterocycles. The highest BCUT2D eigenvalue weighted by Crippen LogP contribution is 2.25. The summed E-state index contributed by atoms with van der Waals surface area (Å²) in [7, 11) is 0. The van der Waals surface area contributed by atoms with Crippen LogP contribution in [0, 0.1) is 0 Å². The SMILES string of the molecule is O=C(O)CCCCCCCCC(=O)OC1=C(O)C(=O)O[C@@H]1[C@@H](O)CO.OCCCCCCO. The zero-order chi connectivity index (χ0) is 25.1. The minimum Gasteiger partial charge on any atom is -0.499 e. The average Bonchev–Trinajstić information content (AvgIpc) is 3.06. The molecule has 0 fully saturated rings. The van der Waals surface area contributed by atoms with Gasteiger partial charge in [0, 0.05) is 26.1 Å². The molecular formula is C22H38O11. The monoisotopic (exact) mass is 478 g/mol. The van der Waals surface area contributed by atoms with Crippen molar-refractivity contribution in [2.45, 2.75) is 89.3 Å². The predicted molar refractivity (Wildman–Crippen MR) is 116 cm³/mol. The van der Waals surface area contributed by atoms with E-state index in [4.69, 9.17) is 25.2 Å². The molecule has 1 aliphatic heterocycles. The summed E-state index contributed by atoms with van der Waals surface area (Å²) in [6.45, 7) is -0.162. The molecule has 2 atom stereocenters. The molecule has 192 valence electrons. The number of carbonyl (C=O) groups is 3. The van der Waals surface area contributed by atoms with Crippen molar-refractivity contribution in [2.24, 2.45) is 0 Å². The number of aliphatic hydroxyl groups is 5. The molecule has 0 bridgehead atoms. The van der Waals surface area contributed by atoms with Crippen LogP contribution in [0.2, 0.25) is 0 Å². The quantitative estimate of drug-likeness (QED) is 0.130. The van der Waals surface area contributed by atoms with Crippen molar-refractivity contribution in [1.82, 2.24) is 0 Å². The van der Waals surface area contributed by atoms with E-state index in [9.17, 15) is 24.6 Å². The fourth-order valence-electron chi connectivity index (χ4n) is 2.92. The summed E-state index contributed by atoms with van der Waals surface area (Å²) in [5, 5.41) is 53.1. The molecule has 0 unspecified atom stereocenters. The molecule has 0 spiro atoms. The number of hydrogen-bond acceptors (Lipinski definition) is 10. The van der Waals surface area contributed by atoms with Crippen molar-refractivity contribution < 1.29 is 54.5 Å². The Kier molecular flexibility index (Phi) is 18.0. The van der Waals surface area contributed by atoms with Crippen molar-refractivity contribution in [3.05, 3.63) is 11.5 Å². The van der Waals surface area contributed by atoms with Gasteiger partial charge in [0.25, 0.3) is 0 Å². The van der Waals surface area contributed by atoms with Gasteiger partial charge in [-0.15, -0.1) is 0 Å². The molecule has 1 rings (SSSR count). The minimum atomic E-state index is -1.50. The molecule has 0 aliphatic carbocycles. The van der Waals surface area contributed by atoms with Gasteiger partial charge in [-0.25, -0.2) is 4.79 Å². The summed E-state index contributed by atoms with van der Waals surface area (Å²) in [6, 6.07) is 0. The Morgan fingerprint density at radius 1 is 0.848 bits per heavy atom. The topological polar surface area (TPSA) is 191 Å². The molecule has 0 radical (unpaired) electrons. The summed E-state index contributed by atoms with van der Waals surface area (Å²) in [6.07, 6.45) is 5.61. The molecule has 0 aromatic carbocycles. The lowest BCUT2D eigenvalue weighted by Gasteiger charge is -2.17. The van der Waals surface area contributed by atoms with Gasteiger partial charge < -0.3 is 40.1 Å². The first-order valence-corrected chi connectivity index (χ1v) is 11.4. The number of hydrogen-bond donors (Lipinski definition) is 6. The van der Waals surface area contributed by atoms with Gasteiger partial charge in [-0.3, -0.25) is 9.59 Å². The fourth-order valence-corrected chi connectivity index (χ4v) is 2.92. The van der Waals surface area contributed by atoms with Gasteiger partial charge in [-0.05, 0) is 25.7 Å². The van der Waals surface area contributed by atoms with E-state index in [0.717, 1.165) is 51.4 Å². The highest BCUT2D eigenvalue weighted by atomic mass is 16.6. The Labute approximate surface area is 193 Å². The van der Waals surface area contributed by atoms with Crippen molar-refractivity contribution in [3.63, 3.8) is 0 Å². The Morgan fingerprint density at radius 3 is 1.82 bits per heavy atom. The number of carboxylic acid groups (broad SMARTS) is 1. The van der Waals surface area contributed by atoms with Crippen molar-refractivity contribution in [2.75, 3.05) is 19.8 Å². The van der Waals surface area contributed by atoms with E-state index in [2.05, 4.69) is 4.74 Å². The zero-order valence-corrected chi connectivity index (χ0v) is 19.0. The van der Waals surface area contributed by atoms with Crippen LogP contribution in [-0.2, 0) is 23.9 Å². The van der Waals surface area contributed by atoms with E-state index in [1.54, 1.807) is 0 Å². The maximum Gasteiger partial charge on any atom is 0.378 e. The van der Waals surface area contributed by atoms with Gasteiger partial charge in [-0.1, -0.05) is 38.5 Å². The van der Waals surface area contributed by atoms with E-state index in [1.165, 1.54) is 0 Å². The van der Waals surface area contributed by atoms with Gasteiger partial charge in [0.1, 0.15) is 6.10 Å². The van der Waals surface area contributed by atoms with Crippen molar-refractivity contribution in [3.8, 4) is 0 Å². The summed E-state index contributed by atoms with van der Waals surface area (Å²) < 4.78 is 9.55. The minimum absolute atomic E-state index is 0.0576. The lowest BCUT2D eigenvalue weighted by atomic mass is 10.1.